The van der Waals surface area contributed by atoms with Crippen LogP contribution in [0.25, 0.3) is 0 Å². The molecule has 2 aromatic rings. The summed E-state index contributed by atoms with van der Waals surface area (Å²) < 4.78 is 26.5. The van der Waals surface area contributed by atoms with Crippen LogP contribution in [0.5, 0.6) is 0 Å². The van der Waals surface area contributed by atoms with E-state index in [1.165, 1.54) is 16.4 Å². The van der Waals surface area contributed by atoms with Gasteiger partial charge in [0, 0.05) is 45.5 Å². The summed E-state index contributed by atoms with van der Waals surface area (Å²) in [4.78, 5) is 18.7. The Hall–Kier alpha value is -2.45. The molecular formula is C19H24N4O3S. The molecule has 144 valence electrons. The van der Waals surface area contributed by atoms with Crippen molar-refractivity contribution in [1.82, 2.24) is 14.6 Å². The molecular weight excluding hydrogens is 364 g/mol. The van der Waals surface area contributed by atoms with Crippen LogP contribution >= 0.6 is 0 Å². The molecule has 0 bridgehead atoms. The number of hydrogen-bond donors (Lipinski definition) is 1. The predicted octanol–water partition coefficient (Wildman–Crippen LogP) is 1.86. The molecule has 1 aliphatic heterocycles. The fourth-order valence-corrected chi connectivity index (χ4v) is 4.44. The van der Waals surface area contributed by atoms with Crippen molar-refractivity contribution in [1.29, 1.82) is 0 Å². The van der Waals surface area contributed by atoms with Crippen LogP contribution in [0.2, 0.25) is 0 Å². The third kappa shape index (κ3) is 4.45. The van der Waals surface area contributed by atoms with Gasteiger partial charge in [0.25, 0.3) is 5.91 Å². The van der Waals surface area contributed by atoms with Crippen molar-refractivity contribution in [2.45, 2.75) is 24.3 Å². The van der Waals surface area contributed by atoms with Crippen molar-refractivity contribution in [3.05, 3.63) is 53.7 Å². The quantitative estimate of drug-likeness (QED) is 0.817. The van der Waals surface area contributed by atoms with E-state index in [9.17, 15) is 13.2 Å². The van der Waals surface area contributed by atoms with E-state index in [1.54, 1.807) is 18.3 Å². The number of carbonyl (C=O) groups is 1. The number of anilines is 1. The zero-order valence-corrected chi connectivity index (χ0v) is 16.4. The molecule has 1 aromatic carbocycles. The third-order valence-corrected chi connectivity index (χ3v) is 6.45. The van der Waals surface area contributed by atoms with Gasteiger partial charge in [-0.15, -0.1) is 0 Å². The molecule has 2 heterocycles. The number of sulfonamides is 1. The van der Waals surface area contributed by atoms with Crippen molar-refractivity contribution in [2.24, 2.45) is 0 Å². The lowest BCUT2D eigenvalue weighted by atomic mass is 10.2. The molecule has 27 heavy (non-hydrogen) atoms. The molecule has 0 saturated carbocycles. The number of pyridine rings is 1. The topological polar surface area (TPSA) is 82.6 Å². The number of amides is 1. The molecule has 7 nitrogen and oxygen atoms in total. The second-order valence-electron chi connectivity index (χ2n) is 6.74. The summed E-state index contributed by atoms with van der Waals surface area (Å²) in [6.07, 6.45) is 3.51. The summed E-state index contributed by atoms with van der Waals surface area (Å²) >= 11 is 0. The maximum Gasteiger partial charge on any atom is 0.251 e. The molecule has 0 radical (unpaired) electrons. The first-order valence-corrected chi connectivity index (χ1v) is 10.3. The second-order valence-corrected chi connectivity index (χ2v) is 8.68. The van der Waals surface area contributed by atoms with E-state index in [1.807, 2.05) is 31.1 Å². The standard InChI is InChI=1S/C19H24N4O3S/c1-22(2)18-10-5-15(13-20-18)14-21-19(24)16-6-8-17(9-7-16)27(25,26)23-11-3-4-12-23/h5-10,13H,3-4,11-12,14H2,1-2H3,(H,21,24). The molecule has 8 heteroatoms. The zero-order valence-electron chi connectivity index (χ0n) is 15.6. The van der Waals surface area contributed by atoms with Crippen molar-refractivity contribution in [3.63, 3.8) is 0 Å². The number of aromatic nitrogens is 1. The largest absolute Gasteiger partial charge is 0.363 e. The van der Waals surface area contributed by atoms with Gasteiger partial charge >= 0.3 is 0 Å². The molecule has 1 aromatic heterocycles. The fourth-order valence-electron chi connectivity index (χ4n) is 2.93. The number of nitrogens with zero attached hydrogens (tertiary/aromatic N) is 3. The summed E-state index contributed by atoms with van der Waals surface area (Å²) in [5, 5.41) is 2.82. The van der Waals surface area contributed by atoms with Gasteiger partial charge in [-0.3, -0.25) is 4.79 Å². The molecule has 3 rings (SSSR count). The third-order valence-electron chi connectivity index (χ3n) is 4.54. The Bertz CT molecular complexity index is 888. The minimum absolute atomic E-state index is 0.226. The van der Waals surface area contributed by atoms with Crippen LogP contribution in [0.1, 0.15) is 28.8 Å². The van der Waals surface area contributed by atoms with E-state index in [-0.39, 0.29) is 10.8 Å². The first-order valence-electron chi connectivity index (χ1n) is 8.88. The van der Waals surface area contributed by atoms with E-state index in [0.717, 1.165) is 24.2 Å². The normalized spacial score (nSPS) is 14.9. The smallest absolute Gasteiger partial charge is 0.251 e. The number of hydrogen-bond acceptors (Lipinski definition) is 5. The summed E-state index contributed by atoms with van der Waals surface area (Å²) in [5.41, 5.74) is 1.32. The maximum atomic E-state index is 12.5. The van der Waals surface area contributed by atoms with Crippen LogP contribution in [-0.4, -0.2) is 50.8 Å². The van der Waals surface area contributed by atoms with E-state index in [4.69, 9.17) is 0 Å². The highest BCUT2D eigenvalue weighted by Gasteiger charge is 2.27. The van der Waals surface area contributed by atoms with Crippen LogP contribution < -0.4 is 10.2 Å². The average molecular weight is 388 g/mol. The minimum atomic E-state index is -3.46. The second kappa shape index (κ2) is 8.06. The van der Waals surface area contributed by atoms with E-state index >= 15 is 0 Å². The van der Waals surface area contributed by atoms with E-state index in [0.29, 0.717) is 25.2 Å². The van der Waals surface area contributed by atoms with E-state index in [2.05, 4.69) is 10.3 Å². The fraction of sp³-hybridized carbons (Fsp3) is 0.368. The Labute approximate surface area is 160 Å². The molecule has 0 spiro atoms. The van der Waals surface area contributed by atoms with Crippen LogP contribution in [0.15, 0.2) is 47.5 Å². The molecule has 1 amide bonds. The van der Waals surface area contributed by atoms with Gasteiger partial charge in [-0.2, -0.15) is 4.31 Å². The van der Waals surface area contributed by atoms with Gasteiger partial charge in [0.05, 0.1) is 4.90 Å². The van der Waals surface area contributed by atoms with Crippen LogP contribution in [-0.2, 0) is 16.6 Å². The Balaban J connectivity index is 1.62. The molecule has 0 aliphatic carbocycles. The highest BCUT2D eigenvalue weighted by atomic mass is 32.2. The lowest BCUT2D eigenvalue weighted by Gasteiger charge is -2.15. The van der Waals surface area contributed by atoms with Gasteiger partial charge in [-0.1, -0.05) is 6.07 Å². The first kappa shape index (κ1) is 19.3. The Kier molecular flexibility index (Phi) is 5.76. The van der Waals surface area contributed by atoms with Crippen molar-refractivity contribution >= 4 is 21.7 Å². The lowest BCUT2D eigenvalue weighted by Crippen LogP contribution is -2.28. The molecule has 1 aliphatic rings. The van der Waals surface area contributed by atoms with Gasteiger partial charge in [0.2, 0.25) is 10.0 Å². The molecule has 1 N–H and O–H groups in total. The molecule has 1 saturated heterocycles. The van der Waals surface area contributed by atoms with Gasteiger partial charge in [0.1, 0.15) is 5.82 Å². The highest BCUT2D eigenvalue weighted by molar-refractivity contribution is 7.89. The van der Waals surface area contributed by atoms with Gasteiger partial charge in [0.15, 0.2) is 0 Å². The molecule has 0 unspecified atom stereocenters. The van der Waals surface area contributed by atoms with Crippen molar-refractivity contribution in [3.8, 4) is 0 Å². The number of benzene rings is 1. The zero-order chi connectivity index (χ0) is 19.4. The van der Waals surface area contributed by atoms with Gasteiger partial charge in [-0.25, -0.2) is 13.4 Å². The summed E-state index contributed by atoms with van der Waals surface area (Å²) in [6.45, 7) is 1.48. The monoisotopic (exact) mass is 388 g/mol. The average Bonchev–Trinajstić information content (AvgIpc) is 3.22. The minimum Gasteiger partial charge on any atom is -0.363 e. The maximum absolute atomic E-state index is 12.5. The van der Waals surface area contributed by atoms with Crippen LogP contribution in [0.4, 0.5) is 5.82 Å². The van der Waals surface area contributed by atoms with Crippen LogP contribution in [0.3, 0.4) is 0 Å². The number of carbonyl (C=O) groups excluding carboxylic acids is 1. The molecule has 0 atom stereocenters. The summed E-state index contributed by atoms with van der Waals surface area (Å²) in [5.74, 6) is 0.594. The first-order chi connectivity index (χ1) is 12.9. The van der Waals surface area contributed by atoms with Crippen molar-refractivity contribution < 1.29 is 13.2 Å². The SMILES string of the molecule is CN(C)c1ccc(CNC(=O)c2ccc(S(=O)(=O)N3CCCC3)cc2)cn1. The number of nitrogens with one attached hydrogen (secondary N) is 1. The van der Waals surface area contributed by atoms with Crippen molar-refractivity contribution in [2.75, 3.05) is 32.1 Å². The Morgan fingerprint density at radius 2 is 1.78 bits per heavy atom. The highest BCUT2D eigenvalue weighted by Crippen LogP contribution is 2.21. The number of rotatable bonds is 6. The van der Waals surface area contributed by atoms with Crippen LogP contribution in [0, 0.1) is 0 Å². The lowest BCUT2D eigenvalue weighted by molar-refractivity contribution is 0.0951. The van der Waals surface area contributed by atoms with E-state index < -0.39 is 10.0 Å². The van der Waals surface area contributed by atoms with Gasteiger partial charge in [-0.05, 0) is 48.7 Å². The predicted molar refractivity (Wildman–Crippen MR) is 104 cm³/mol. The Morgan fingerprint density at radius 1 is 1.11 bits per heavy atom. The summed E-state index contributed by atoms with van der Waals surface area (Å²) in [6, 6.07) is 9.89. The Morgan fingerprint density at radius 3 is 2.33 bits per heavy atom. The summed E-state index contributed by atoms with van der Waals surface area (Å²) in [7, 11) is 0.370. The molecule has 1 fully saturated rings. The van der Waals surface area contributed by atoms with Gasteiger partial charge < -0.3 is 10.2 Å².